The second-order valence-corrected chi connectivity index (χ2v) is 3.78. The number of nitrogens with two attached hydrogens (primary N) is 2. The first-order chi connectivity index (χ1) is 9.43. The van der Waals surface area contributed by atoms with Gasteiger partial charge in [-0.25, -0.2) is 9.59 Å². The largest absolute Gasteiger partial charge is 0.478 e. The zero-order valence-corrected chi connectivity index (χ0v) is 12.5. The van der Waals surface area contributed by atoms with Crippen molar-refractivity contribution in [2.24, 2.45) is 0 Å². The average Bonchev–Trinajstić information content (AvgIpc) is 2.40. The molecule has 0 spiro atoms. The maximum Gasteiger partial charge on any atom is 0.337 e. The van der Waals surface area contributed by atoms with E-state index < -0.39 is 11.9 Å². The summed E-state index contributed by atoms with van der Waals surface area (Å²) in [5, 5.41) is 17.0. The predicted molar refractivity (Wildman–Crippen MR) is 75.6 cm³/mol. The van der Waals surface area contributed by atoms with E-state index in [0.717, 1.165) is 0 Å². The van der Waals surface area contributed by atoms with E-state index in [4.69, 9.17) is 21.7 Å². The summed E-state index contributed by atoms with van der Waals surface area (Å²) in [5.41, 5.74) is 11.6. The minimum absolute atomic E-state index is 0. The van der Waals surface area contributed by atoms with Crippen LogP contribution in [0.2, 0.25) is 0 Å². The minimum Gasteiger partial charge on any atom is -0.478 e. The van der Waals surface area contributed by atoms with Gasteiger partial charge in [0.2, 0.25) is 0 Å². The number of carboxylic acids is 2. The Bertz CT molecular complexity index is 576. The molecule has 2 rings (SSSR count). The number of rotatable bonds is 2. The second-order valence-electron chi connectivity index (χ2n) is 3.78. The Labute approximate surface area is 136 Å². The summed E-state index contributed by atoms with van der Waals surface area (Å²) in [6.45, 7) is 0. The molecule has 0 aliphatic heterocycles. The minimum atomic E-state index is -0.988. The molecule has 6 N–H and O–H groups in total. The molecule has 2 aromatic rings. The van der Waals surface area contributed by atoms with Crippen molar-refractivity contribution >= 4 is 23.3 Å². The van der Waals surface area contributed by atoms with Crippen molar-refractivity contribution in [1.82, 2.24) is 0 Å². The number of benzene rings is 2. The van der Waals surface area contributed by atoms with Gasteiger partial charge in [-0.2, -0.15) is 0 Å². The van der Waals surface area contributed by atoms with Gasteiger partial charge < -0.3 is 21.7 Å². The van der Waals surface area contributed by atoms with Crippen LogP contribution in [0.5, 0.6) is 0 Å². The van der Waals surface area contributed by atoms with Gasteiger partial charge in [0.05, 0.1) is 11.1 Å². The van der Waals surface area contributed by atoms with Gasteiger partial charge in [0.1, 0.15) is 0 Å². The van der Waals surface area contributed by atoms with Gasteiger partial charge in [-0.1, -0.05) is 24.3 Å². The molecule has 0 aliphatic rings. The van der Waals surface area contributed by atoms with Crippen LogP contribution in [-0.4, -0.2) is 22.2 Å². The van der Waals surface area contributed by atoms with Crippen molar-refractivity contribution in [2.75, 3.05) is 11.5 Å². The number of aromatic carboxylic acids is 2. The van der Waals surface area contributed by atoms with Crippen LogP contribution in [0.1, 0.15) is 20.7 Å². The Morgan fingerprint density at radius 1 is 0.714 bits per heavy atom. The number of carbonyl (C=O) groups is 2. The van der Waals surface area contributed by atoms with E-state index in [1.165, 1.54) is 12.1 Å². The first-order valence-corrected chi connectivity index (χ1v) is 5.59. The predicted octanol–water partition coefficient (Wildman–Crippen LogP) is 1.93. The second kappa shape index (κ2) is 8.78. The van der Waals surface area contributed by atoms with E-state index in [1.54, 1.807) is 36.4 Å². The standard InChI is InChI=1S/2C7H7NO2.Ti/c2*8-6-4-2-1-3-5(6)7(9)10;/h2*1-4H,8H2,(H,9,10);. The molecule has 0 heterocycles. The van der Waals surface area contributed by atoms with Gasteiger partial charge in [0.15, 0.2) is 0 Å². The molecule has 7 heteroatoms. The van der Waals surface area contributed by atoms with Crippen LogP contribution in [0.4, 0.5) is 11.4 Å². The van der Waals surface area contributed by atoms with Crippen molar-refractivity contribution < 1.29 is 41.5 Å². The molecule has 21 heavy (non-hydrogen) atoms. The number of nitrogen functional groups attached to an aromatic ring is 2. The van der Waals surface area contributed by atoms with E-state index in [1.807, 2.05) is 0 Å². The van der Waals surface area contributed by atoms with Crippen LogP contribution in [0.25, 0.3) is 0 Å². The average molecular weight is 322 g/mol. The van der Waals surface area contributed by atoms with Crippen LogP contribution in [-0.2, 0) is 21.7 Å². The van der Waals surface area contributed by atoms with E-state index in [-0.39, 0.29) is 32.8 Å². The van der Waals surface area contributed by atoms with Crippen LogP contribution < -0.4 is 11.5 Å². The number of hydrogen-bond acceptors (Lipinski definition) is 4. The van der Waals surface area contributed by atoms with Crippen molar-refractivity contribution in [3.8, 4) is 0 Å². The fourth-order valence-electron chi connectivity index (χ4n) is 1.38. The molecular weight excluding hydrogens is 308 g/mol. The SMILES string of the molecule is Nc1ccccc1C(=O)O.Nc1ccccc1C(=O)O.[Ti]. The smallest absolute Gasteiger partial charge is 0.337 e. The molecule has 0 unspecified atom stereocenters. The van der Waals surface area contributed by atoms with Crippen molar-refractivity contribution in [2.45, 2.75) is 0 Å². The molecule has 0 fully saturated rings. The fourth-order valence-corrected chi connectivity index (χ4v) is 1.38. The van der Waals surface area contributed by atoms with Crippen molar-refractivity contribution in [3.63, 3.8) is 0 Å². The maximum atomic E-state index is 10.3. The quantitative estimate of drug-likeness (QED) is 0.494. The van der Waals surface area contributed by atoms with Gasteiger partial charge in [-0.3, -0.25) is 0 Å². The van der Waals surface area contributed by atoms with E-state index in [2.05, 4.69) is 0 Å². The zero-order chi connectivity index (χ0) is 15.1. The Morgan fingerprint density at radius 2 is 1.00 bits per heavy atom. The van der Waals surface area contributed by atoms with E-state index in [9.17, 15) is 9.59 Å². The molecule has 0 atom stereocenters. The first-order valence-electron chi connectivity index (χ1n) is 5.59. The molecule has 0 bridgehead atoms. The Kier molecular flexibility index (Phi) is 7.82. The summed E-state index contributed by atoms with van der Waals surface area (Å²) in [6.07, 6.45) is 0. The summed E-state index contributed by atoms with van der Waals surface area (Å²) >= 11 is 0. The topological polar surface area (TPSA) is 127 Å². The Balaban J connectivity index is 0.000000364. The van der Waals surface area contributed by atoms with E-state index in [0.29, 0.717) is 11.4 Å². The van der Waals surface area contributed by atoms with Crippen LogP contribution >= 0.6 is 0 Å². The number of para-hydroxylation sites is 2. The summed E-state index contributed by atoms with van der Waals surface area (Å²) in [7, 11) is 0. The van der Waals surface area contributed by atoms with Gasteiger partial charge in [0, 0.05) is 33.1 Å². The molecule has 2 aromatic carbocycles. The first kappa shape index (κ1) is 18.7. The molecule has 108 valence electrons. The monoisotopic (exact) mass is 322 g/mol. The fraction of sp³-hybridized carbons (Fsp3) is 0. The van der Waals surface area contributed by atoms with Crippen molar-refractivity contribution in [3.05, 3.63) is 59.7 Å². The third-order valence-electron chi connectivity index (χ3n) is 2.38. The normalized spacial score (nSPS) is 8.76. The third kappa shape index (κ3) is 5.68. The summed E-state index contributed by atoms with van der Waals surface area (Å²) in [6, 6.07) is 12.7. The third-order valence-corrected chi connectivity index (χ3v) is 2.38. The number of hydrogen-bond donors (Lipinski definition) is 4. The molecule has 0 aliphatic carbocycles. The molecule has 0 radical (unpaired) electrons. The molecule has 0 aromatic heterocycles. The van der Waals surface area contributed by atoms with Crippen LogP contribution in [0.3, 0.4) is 0 Å². The molecule has 0 amide bonds. The van der Waals surface area contributed by atoms with E-state index >= 15 is 0 Å². The van der Waals surface area contributed by atoms with Gasteiger partial charge in [-0.05, 0) is 24.3 Å². The van der Waals surface area contributed by atoms with Gasteiger partial charge in [-0.15, -0.1) is 0 Å². The Morgan fingerprint density at radius 3 is 1.19 bits per heavy atom. The Hall–Kier alpha value is -2.31. The molecule has 6 nitrogen and oxygen atoms in total. The van der Waals surface area contributed by atoms with Crippen LogP contribution in [0, 0.1) is 0 Å². The van der Waals surface area contributed by atoms with Gasteiger partial charge in [0.25, 0.3) is 0 Å². The summed E-state index contributed by atoms with van der Waals surface area (Å²) < 4.78 is 0. The van der Waals surface area contributed by atoms with Crippen LogP contribution in [0.15, 0.2) is 48.5 Å². The molecule has 0 saturated heterocycles. The number of carboxylic acid groups (broad SMARTS) is 2. The maximum absolute atomic E-state index is 10.3. The summed E-state index contributed by atoms with van der Waals surface area (Å²) in [4.78, 5) is 20.7. The molecular formula is C14H14N2O4Ti. The summed E-state index contributed by atoms with van der Waals surface area (Å²) in [5.74, 6) is -1.98. The molecule has 0 saturated carbocycles. The zero-order valence-electron chi connectivity index (χ0n) is 11.0. The number of anilines is 2. The van der Waals surface area contributed by atoms with Crippen molar-refractivity contribution in [1.29, 1.82) is 0 Å². The van der Waals surface area contributed by atoms with Gasteiger partial charge >= 0.3 is 11.9 Å².